The van der Waals surface area contributed by atoms with Crippen molar-refractivity contribution in [2.24, 2.45) is 0 Å². The Morgan fingerprint density at radius 2 is 1.89 bits per heavy atom. The van der Waals surface area contributed by atoms with Gasteiger partial charge in [-0.25, -0.2) is 0 Å². The minimum absolute atomic E-state index is 0.270. The molecule has 0 atom stereocenters. The third kappa shape index (κ3) is 3.22. The molecule has 0 bridgehead atoms. The number of hydrogen-bond donors (Lipinski definition) is 2. The summed E-state index contributed by atoms with van der Waals surface area (Å²) >= 11 is 0. The zero-order valence-corrected chi connectivity index (χ0v) is 11.1. The van der Waals surface area contributed by atoms with Crippen LogP contribution in [-0.4, -0.2) is 22.2 Å². The van der Waals surface area contributed by atoms with Crippen LogP contribution in [0.5, 0.6) is 0 Å². The Kier molecular flexibility index (Phi) is 4.87. The molecule has 102 valence electrons. The molecule has 1 aromatic rings. The third-order valence-corrected chi connectivity index (χ3v) is 3.09. The molecule has 0 aliphatic heterocycles. The van der Waals surface area contributed by atoms with E-state index < -0.39 is 17.4 Å². The predicted molar refractivity (Wildman–Crippen MR) is 73.0 cm³/mol. The van der Waals surface area contributed by atoms with Crippen LogP contribution in [0.2, 0.25) is 0 Å². The fourth-order valence-corrected chi connectivity index (χ4v) is 1.68. The lowest BCUT2D eigenvalue weighted by Gasteiger charge is -2.20. The smallest absolute Gasteiger partial charge is 0.325 e. The average Bonchev–Trinajstić information content (AvgIpc) is 2.38. The maximum Gasteiger partial charge on any atom is 0.325 e. The lowest BCUT2D eigenvalue weighted by atomic mass is 9.82. The monoisotopic (exact) mass is 262 g/mol. The topological polar surface area (TPSA) is 74.6 Å². The number of benzene rings is 1. The van der Waals surface area contributed by atoms with Gasteiger partial charge in [0, 0.05) is 0 Å². The van der Waals surface area contributed by atoms with Crippen LogP contribution in [0.15, 0.2) is 30.3 Å². The maximum atomic E-state index is 11.2. The molecule has 4 nitrogen and oxygen atoms in total. The molecule has 1 aromatic carbocycles. The Balaban J connectivity index is 3.17. The number of hydrogen-bond acceptors (Lipinski definition) is 2. The summed E-state index contributed by atoms with van der Waals surface area (Å²) in [5.74, 6) is -2.73. The average molecular weight is 262 g/mol. The fraction of sp³-hybridized carbons (Fsp3) is 0.333. The van der Waals surface area contributed by atoms with Gasteiger partial charge in [0.25, 0.3) is 0 Å². The van der Waals surface area contributed by atoms with E-state index in [1.807, 2.05) is 18.2 Å². The number of rotatable bonds is 6. The Morgan fingerprint density at radius 1 is 1.26 bits per heavy atom. The summed E-state index contributed by atoms with van der Waals surface area (Å²) in [6, 6.07) is 6.62. The molecule has 0 aromatic heterocycles. The van der Waals surface area contributed by atoms with Gasteiger partial charge in [0.05, 0.1) is 0 Å². The number of carbonyl (C=O) groups is 2. The lowest BCUT2D eigenvalue weighted by molar-refractivity contribution is -0.156. The van der Waals surface area contributed by atoms with E-state index in [1.54, 1.807) is 12.1 Å². The van der Waals surface area contributed by atoms with Gasteiger partial charge in [0.2, 0.25) is 0 Å². The van der Waals surface area contributed by atoms with E-state index in [2.05, 4.69) is 6.92 Å². The normalized spacial score (nSPS) is 11.7. The molecule has 19 heavy (non-hydrogen) atoms. The summed E-state index contributed by atoms with van der Waals surface area (Å²) in [7, 11) is 0. The zero-order chi connectivity index (χ0) is 14.5. The van der Waals surface area contributed by atoms with E-state index in [0.717, 1.165) is 18.4 Å². The van der Waals surface area contributed by atoms with Gasteiger partial charge in [0.1, 0.15) is 0 Å². The Morgan fingerprint density at radius 3 is 2.42 bits per heavy atom. The molecular formula is C15H18O4. The minimum atomic E-state index is -1.92. The van der Waals surface area contributed by atoms with Gasteiger partial charge in [-0.2, -0.15) is 0 Å². The number of carboxylic acids is 2. The quantitative estimate of drug-likeness (QED) is 0.773. The van der Waals surface area contributed by atoms with Crippen molar-refractivity contribution < 1.29 is 19.8 Å². The fourth-order valence-electron chi connectivity index (χ4n) is 1.68. The van der Waals surface area contributed by atoms with Crippen molar-refractivity contribution in [2.45, 2.75) is 32.1 Å². The van der Waals surface area contributed by atoms with Crippen LogP contribution < -0.4 is 0 Å². The molecular weight excluding hydrogens is 244 g/mol. The first-order valence-corrected chi connectivity index (χ1v) is 6.16. The summed E-state index contributed by atoms with van der Waals surface area (Å²) in [5, 5.41) is 18.3. The van der Waals surface area contributed by atoms with Crippen LogP contribution in [0.3, 0.4) is 0 Å². The SMILES string of the molecule is CCCC=Cc1cccc(C(C)(C(=O)O)C(=O)O)c1. The lowest BCUT2D eigenvalue weighted by Crippen LogP contribution is -2.40. The summed E-state index contributed by atoms with van der Waals surface area (Å²) in [6.07, 6.45) is 5.81. The largest absolute Gasteiger partial charge is 0.480 e. The Labute approximate surface area is 112 Å². The molecule has 0 spiro atoms. The van der Waals surface area contributed by atoms with Gasteiger partial charge in [-0.05, 0) is 24.5 Å². The number of unbranched alkanes of at least 4 members (excludes halogenated alkanes) is 1. The molecule has 2 N–H and O–H groups in total. The van der Waals surface area contributed by atoms with Gasteiger partial charge in [-0.3, -0.25) is 9.59 Å². The molecule has 0 fully saturated rings. The zero-order valence-electron chi connectivity index (χ0n) is 11.1. The molecule has 1 rings (SSSR count). The molecule has 0 heterocycles. The first-order chi connectivity index (χ1) is 8.92. The van der Waals surface area contributed by atoms with E-state index in [9.17, 15) is 9.59 Å². The summed E-state index contributed by atoms with van der Waals surface area (Å²) in [6.45, 7) is 3.26. The van der Waals surface area contributed by atoms with Crippen LogP contribution in [0.4, 0.5) is 0 Å². The number of aliphatic carboxylic acids is 2. The van der Waals surface area contributed by atoms with Gasteiger partial charge in [-0.15, -0.1) is 0 Å². The minimum Gasteiger partial charge on any atom is -0.480 e. The Bertz CT molecular complexity index is 489. The first-order valence-electron chi connectivity index (χ1n) is 6.16. The molecule has 0 unspecified atom stereocenters. The van der Waals surface area contributed by atoms with Crippen molar-refractivity contribution >= 4 is 18.0 Å². The predicted octanol–water partition coefficient (Wildman–Crippen LogP) is 2.93. The van der Waals surface area contributed by atoms with Crippen LogP contribution in [0, 0.1) is 0 Å². The molecule has 0 saturated carbocycles. The highest BCUT2D eigenvalue weighted by molar-refractivity contribution is 6.04. The Hall–Kier alpha value is -2.10. The van der Waals surface area contributed by atoms with E-state index >= 15 is 0 Å². The summed E-state index contributed by atoms with van der Waals surface area (Å²) < 4.78 is 0. The van der Waals surface area contributed by atoms with E-state index in [1.165, 1.54) is 13.0 Å². The molecule has 0 saturated heterocycles. The van der Waals surface area contributed by atoms with Gasteiger partial charge in [-0.1, -0.05) is 49.8 Å². The van der Waals surface area contributed by atoms with Gasteiger partial charge >= 0.3 is 11.9 Å². The van der Waals surface area contributed by atoms with Crippen molar-refractivity contribution in [2.75, 3.05) is 0 Å². The van der Waals surface area contributed by atoms with E-state index in [0.29, 0.717) is 0 Å². The molecule has 0 radical (unpaired) electrons. The second kappa shape index (κ2) is 6.18. The van der Waals surface area contributed by atoms with Crippen LogP contribution in [-0.2, 0) is 15.0 Å². The molecule has 0 aliphatic carbocycles. The standard InChI is InChI=1S/C15H18O4/c1-3-4-5-7-11-8-6-9-12(10-11)15(2,13(16)17)14(18)19/h5-10H,3-4H2,1-2H3,(H,16,17)(H,18,19). The first kappa shape index (κ1) is 15.0. The molecule has 4 heteroatoms. The van der Waals surface area contributed by atoms with E-state index in [-0.39, 0.29) is 5.56 Å². The number of carboxylic acid groups (broad SMARTS) is 2. The van der Waals surface area contributed by atoms with Crippen molar-refractivity contribution in [3.8, 4) is 0 Å². The maximum absolute atomic E-state index is 11.2. The van der Waals surface area contributed by atoms with Crippen LogP contribution >= 0.6 is 0 Å². The van der Waals surface area contributed by atoms with Crippen molar-refractivity contribution in [3.63, 3.8) is 0 Å². The van der Waals surface area contributed by atoms with Crippen molar-refractivity contribution in [1.82, 2.24) is 0 Å². The molecule has 0 amide bonds. The second-order valence-corrected chi connectivity index (χ2v) is 4.55. The summed E-state index contributed by atoms with van der Waals surface area (Å²) in [5.41, 5.74) is -0.847. The third-order valence-electron chi connectivity index (χ3n) is 3.09. The van der Waals surface area contributed by atoms with Gasteiger partial charge in [0.15, 0.2) is 5.41 Å². The van der Waals surface area contributed by atoms with Crippen LogP contribution in [0.25, 0.3) is 6.08 Å². The summed E-state index contributed by atoms with van der Waals surface area (Å²) in [4.78, 5) is 22.5. The van der Waals surface area contributed by atoms with E-state index in [4.69, 9.17) is 10.2 Å². The van der Waals surface area contributed by atoms with Crippen molar-refractivity contribution in [3.05, 3.63) is 41.5 Å². The van der Waals surface area contributed by atoms with Crippen molar-refractivity contribution in [1.29, 1.82) is 0 Å². The number of allylic oxidation sites excluding steroid dienone is 1. The molecule has 0 aliphatic rings. The highest BCUT2D eigenvalue weighted by atomic mass is 16.4. The van der Waals surface area contributed by atoms with Gasteiger partial charge < -0.3 is 10.2 Å². The van der Waals surface area contributed by atoms with Crippen LogP contribution in [0.1, 0.15) is 37.8 Å². The second-order valence-electron chi connectivity index (χ2n) is 4.55. The highest BCUT2D eigenvalue weighted by Crippen LogP contribution is 2.26. The highest BCUT2D eigenvalue weighted by Gasteiger charge is 2.43.